The van der Waals surface area contributed by atoms with E-state index >= 15 is 0 Å². The second-order valence-electron chi connectivity index (χ2n) is 15.7. The van der Waals surface area contributed by atoms with E-state index in [1.807, 2.05) is 43.3 Å². The molecule has 2 atom stereocenters. The summed E-state index contributed by atoms with van der Waals surface area (Å²) in [7, 11) is 3.83. The van der Waals surface area contributed by atoms with Crippen molar-refractivity contribution < 1.29 is 41.8 Å². The van der Waals surface area contributed by atoms with Crippen molar-refractivity contribution in [3.63, 3.8) is 0 Å². The number of nitrogens with two attached hydrogens (primary N) is 1. The van der Waals surface area contributed by atoms with Crippen LogP contribution in [0.3, 0.4) is 0 Å². The molecule has 0 unspecified atom stereocenters. The van der Waals surface area contributed by atoms with E-state index in [9.17, 15) is 32.3 Å². The first-order valence-electron chi connectivity index (χ1n) is 19.8. The zero-order valence-corrected chi connectivity index (χ0v) is 33.3. The molecular weight excluding hydrogens is 767 g/mol. The van der Waals surface area contributed by atoms with Crippen LogP contribution in [0.4, 0.5) is 34.1 Å². The second kappa shape index (κ2) is 18.5. The molecule has 312 valence electrons. The van der Waals surface area contributed by atoms with Gasteiger partial charge in [0.25, 0.3) is 5.91 Å². The molecule has 0 bridgehead atoms. The van der Waals surface area contributed by atoms with Crippen LogP contribution in [-0.4, -0.2) is 140 Å². The SMILES string of the molecule is CN(C)CCOC(=O)[C@H]1CCCN(C2CCN(C(=O)[C@@H](Cc3cc(Cl)c(N)c(C(F)(F)F)c3)OC(=O)N3CCC(N4CCc5ccccc5NC4=O)CC3)CC2)C1. The molecular formula is C40H53ClF3N7O6. The minimum Gasteiger partial charge on any atom is -0.464 e. The molecule has 2 aromatic rings. The van der Waals surface area contributed by atoms with Crippen LogP contribution in [0.5, 0.6) is 0 Å². The van der Waals surface area contributed by atoms with E-state index in [4.69, 9.17) is 26.8 Å². The molecule has 3 saturated heterocycles. The van der Waals surface area contributed by atoms with Gasteiger partial charge in [0.05, 0.1) is 22.2 Å². The number of esters is 1. The zero-order chi connectivity index (χ0) is 40.9. The van der Waals surface area contributed by atoms with Crippen molar-refractivity contribution in [1.82, 2.24) is 24.5 Å². The van der Waals surface area contributed by atoms with Crippen LogP contribution in [0.25, 0.3) is 0 Å². The fourth-order valence-electron chi connectivity index (χ4n) is 8.35. The van der Waals surface area contributed by atoms with E-state index in [1.54, 1.807) is 9.80 Å². The van der Waals surface area contributed by atoms with Crippen molar-refractivity contribution in [2.45, 2.75) is 75.7 Å². The maximum absolute atomic E-state index is 14.2. The Morgan fingerprint density at radius 2 is 1.65 bits per heavy atom. The zero-order valence-electron chi connectivity index (χ0n) is 32.6. The number of likely N-dealkylation sites (N-methyl/N-ethyl adjacent to an activating group) is 1. The Morgan fingerprint density at radius 3 is 2.35 bits per heavy atom. The van der Waals surface area contributed by atoms with Crippen molar-refractivity contribution in [3.8, 4) is 0 Å². The van der Waals surface area contributed by atoms with Gasteiger partial charge in [-0.3, -0.25) is 14.5 Å². The van der Waals surface area contributed by atoms with E-state index in [1.165, 1.54) is 11.0 Å². The Morgan fingerprint density at radius 1 is 0.965 bits per heavy atom. The minimum atomic E-state index is -4.80. The van der Waals surface area contributed by atoms with Crippen LogP contribution >= 0.6 is 11.6 Å². The van der Waals surface area contributed by atoms with Crippen LogP contribution in [-0.2, 0) is 38.1 Å². The first-order chi connectivity index (χ1) is 27.2. The Balaban J connectivity index is 1.09. The smallest absolute Gasteiger partial charge is 0.418 e. The van der Waals surface area contributed by atoms with E-state index in [2.05, 4.69) is 10.2 Å². The highest BCUT2D eigenvalue weighted by atomic mass is 35.5. The predicted molar refractivity (Wildman–Crippen MR) is 209 cm³/mol. The maximum Gasteiger partial charge on any atom is 0.418 e. The molecule has 13 nitrogen and oxygen atoms in total. The Kier molecular flexibility index (Phi) is 13.8. The third-order valence-electron chi connectivity index (χ3n) is 11.6. The summed E-state index contributed by atoms with van der Waals surface area (Å²) in [6.45, 7) is 4.12. The molecule has 4 aliphatic rings. The summed E-state index contributed by atoms with van der Waals surface area (Å²) in [4.78, 5) is 62.9. The number of alkyl halides is 3. The Hall–Kier alpha value is -4.28. The fourth-order valence-corrected chi connectivity index (χ4v) is 8.59. The number of hydrogen-bond donors (Lipinski definition) is 2. The third-order valence-corrected chi connectivity index (χ3v) is 11.9. The van der Waals surface area contributed by atoms with E-state index < -0.39 is 35.5 Å². The maximum atomic E-state index is 14.2. The minimum absolute atomic E-state index is 0.0475. The van der Waals surface area contributed by atoms with Crippen LogP contribution in [0.15, 0.2) is 36.4 Å². The van der Waals surface area contributed by atoms with E-state index in [0.717, 1.165) is 36.7 Å². The van der Waals surface area contributed by atoms with Crippen molar-refractivity contribution in [3.05, 3.63) is 58.1 Å². The second-order valence-corrected chi connectivity index (χ2v) is 16.1. The van der Waals surface area contributed by atoms with E-state index in [-0.39, 0.29) is 60.1 Å². The van der Waals surface area contributed by atoms with Gasteiger partial charge in [-0.1, -0.05) is 29.8 Å². The average molecular weight is 820 g/mol. The number of nitrogen functional groups attached to an aromatic ring is 1. The highest BCUT2D eigenvalue weighted by Gasteiger charge is 2.39. The summed E-state index contributed by atoms with van der Waals surface area (Å²) in [6, 6.07) is 9.57. The topological polar surface area (TPSA) is 141 Å². The summed E-state index contributed by atoms with van der Waals surface area (Å²) < 4.78 is 53.1. The number of hydrogen-bond acceptors (Lipinski definition) is 9. The summed E-state index contributed by atoms with van der Waals surface area (Å²) in [5.41, 5.74) is 5.80. The lowest BCUT2D eigenvalue weighted by Gasteiger charge is -2.42. The fraction of sp³-hybridized carbons (Fsp3) is 0.600. The van der Waals surface area contributed by atoms with Gasteiger partial charge >= 0.3 is 24.3 Å². The highest BCUT2D eigenvalue weighted by Crippen LogP contribution is 2.38. The van der Waals surface area contributed by atoms with E-state index in [0.29, 0.717) is 71.4 Å². The van der Waals surface area contributed by atoms with Gasteiger partial charge in [-0.15, -0.1) is 0 Å². The number of urea groups is 1. The van der Waals surface area contributed by atoms with Crippen molar-refractivity contribution in [1.29, 1.82) is 0 Å². The van der Waals surface area contributed by atoms with Gasteiger partial charge in [0.1, 0.15) is 6.61 Å². The number of ether oxygens (including phenoxy) is 2. The molecule has 0 aliphatic carbocycles. The van der Waals surface area contributed by atoms with Gasteiger partial charge in [0.2, 0.25) is 0 Å². The number of piperidine rings is 3. The number of likely N-dealkylation sites (tertiary alicyclic amines) is 3. The number of amides is 4. The Bertz CT molecular complexity index is 1770. The lowest BCUT2D eigenvalue weighted by Crippen LogP contribution is -2.53. The number of anilines is 2. The molecule has 4 heterocycles. The molecule has 17 heteroatoms. The molecule has 0 aromatic heterocycles. The van der Waals surface area contributed by atoms with Gasteiger partial charge in [-0.2, -0.15) is 13.2 Å². The highest BCUT2D eigenvalue weighted by molar-refractivity contribution is 6.33. The molecule has 57 heavy (non-hydrogen) atoms. The number of nitrogens with zero attached hydrogens (tertiary/aromatic N) is 5. The van der Waals surface area contributed by atoms with Crippen molar-refractivity contribution >= 4 is 47.0 Å². The number of fused-ring (bicyclic) bond motifs is 1. The summed E-state index contributed by atoms with van der Waals surface area (Å²) in [6.07, 6.45) is -2.84. The largest absolute Gasteiger partial charge is 0.464 e. The molecule has 3 N–H and O–H groups in total. The summed E-state index contributed by atoms with van der Waals surface area (Å²) in [5, 5.41) is 2.67. The van der Waals surface area contributed by atoms with Crippen LogP contribution in [0, 0.1) is 5.92 Å². The number of rotatable bonds is 10. The molecule has 4 amide bonds. The number of para-hydroxylation sites is 1. The van der Waals surface area contributed by atoms with Crippen LogP contribution < -0.4 is 11.1 Å². The molecule has 0 radical (unpaired) electrons. The van der Waals surface area contributed by atoms with Crippen molar-refractivity contribution in [2.75, 3.05) is 84.1 Å². The van der Waals surface area contributed by atoms with Gasteiger partial charge in [0.15, 0.2) is 6.10 Å². The lowest BCUT2D eigenvalue weighted by atomic mass is 9.93. The number of carbonyl (C=O) groups excluding carboxylic acids is 4. The van der Waals surface area contributed by atoms with Gasteiger partial charge in [0, 0.05) is 70.0 Å². The number of nitrogens with one attached hydrogen (secondary N) is 1. The number of halogens is 4. The van der Waals surface area contributed by atoms with Crippen LogP contribution in [0.2, 0.25) is 5.02 Å². The quantitative estimate of drug-likeness (QED) is 0.240. The molecule has 2 aromatic carbocycles. The number of carbonyl (C=O) groups is 4. The first kappa shape index (κ1) is 42.3. The summed E-state index contributed by atoms with van der Waals surface area (Å²) in [5.74, 6) is -0.931. The van der Waals surface area contributed by atoms with Gasteiger partial charge < -0.3 is 40.1 Å². The molecule has 6 rings (SSSR count). The normalized spacial score (nSPS) is 20.8. The number of benzene rings is 2. The third kappa shape index (κ3) is 10.6. The van der Waals surface area contributed by atoms with Crippen LogP contribution in [0.1, 0.15) is 55.2 Å². The van der Waals surface area contributed by atoms with Gasteiger partial charge in [-0.05, 0) is 94.9 Å². The van der Waals surface area contributed by atoms with Crippen molar-refractivity contribution in [2.24, 2.45) is 5.92 Å². The molecule has 0 spiro atoms. The molecule has 4 aliphatic heterocycles. The molecule has 3 fully saturated rings. The monoisotopic (exact) mass is 819 g/mol. The standard InChI is InChI=1S/C40H53ClF3N7O6/c1-47(2)20-21-56-37(53)28-7-5-14-50(25-28)29-10-15-48(16-11-29)36(52)34(24-26-22-31(40(42,43)44)35(45)32(41)23-26)57-39(55)49-17-12-30(13-18-49)51-19-9-27-6-3-4-8-33(27)46-38(51)54/h3-4,6,8,22-23,28-30,34H,5,7,9-21,24-25,45H2,1-2H3,(H,46,54)/t28-,34+/m0/s1. The first-order valence-corrected chi connectivity index (χ1v) is 20.2. The molecule has 0 saturated carbocycles. The van der Waals surface area contributed by atoms with Gasteiger partial charge in [-0.25, -0.2) is 9.59 Å². The lowest BCUT2D eigenvalue weighted by molar-refractivity contribution is -0.151. The average Bonchev–Trinajstić information content (AvgIpc) is 3.36. The Labute approximate surface area is 336 Å². The summed E-state index contributed by atoms with van der Waals surface area (Å²) >= 11 is 6.14. The predicted octanol–water partition coefficient (Wildman–Crippen LogP) is 5.35.